The molecule has 0 aliphatic carbocycles. The predicted molar refractivity (Wildman–Crippen MR) is 115 cm³/mol. The number of anilines is 3. The van der Waals surface area contributed by atoms with Crippen LogP contribution in [0, 0.1) is 13.8 Å². The first kappa shape index (κ1) is 18.3. The van der Waals surface area contributed by atoms with E-state index in [1.807, 2.05) is 49.6 Å². The lowest BCUT2D eigenvalue weighted by Gasteiger charge is -2.03. The van der Waals surface area contributed by atoms with Gasteiger partial charge in [-0.2, -0.15) is 0 Å². The number of pyridine rings is 1. The Morgan fingerprint density at radius 1 is 1.00 bits per heavy atom. The predicted octanol–water partition coefficient (Wildman–Crippen LogP) is 5.27. The van der Waals surface area contributed by atoms with Gasteiger partial charge in [0.05, 0.1) is 16.3 Å². The van der Waals surface area contributed by atoms with Gasteiger partial charge in [0, 0.05) is 17.1 Å². The van der Waals surface area contributed by atoms with E-state index in [9.17, 15) is 4.79 Å². The zero-order chi connectivity index (χ0) is 19.5. The summed E-state index contributed by atoms with van der Waals surface area (Å²) in [5, 5.41) is 9.41. The van der Waals surface area contributed by atoms with Gasteiger partial charge in [0.15, 0.2) is 10.3 Å². The van der Waals surface area contributed by atoms with Gasteiger partial charge in [-0.05, 0) is 37.6 Å². The zero-order valence-corrected chi connectivity index (χ0v) is 16.9. The molecule has 0 atom stereocenters. The Bertz CT molecular complexity index is 1120. The van der Waals surface area contributed by atoms with Crippen molar-refractivity contribution >= 4 is 44.7 Å². The molecule has 0 radical (unpaired) electrons. The summed E-state index contributed by atoms with van der Waals surface area (Å²) in [5.41, 5.74) is 3.32. The lowest BCUT2D eigenvalue weighted by Crippen LogP contribution is -2.11. The smallest absolute Gasteiger partial charge is 0.257 e. The van der Waals surface area contributed by atoms with Crippen molar-refractivity contribution in [1.29, 1.82) is 0 Å². The molecule has 4 rings (SSSR count). The standard InChI is InChI=1S/C20H17N5OS2/c1-12-7-6-10-21-17(12)24-19-23-15(11-27-19)16-13(2)22-20(28-16)25-18(26)14-8-4-3-5-9-14/h3-11H,1-2H3,(H,21,23,24)(H,22,25,26). The monoisotopic (exact) mass is 407 g/mol. The molecule has 0 spiro atoms. The fourth-order valence-corrected chi connectivity index (χ4v) is 4.30. The highest BCUT2D eigenvalue weighted by molar-refractivity contribution is 7.20. The van der Waals surface area contributed by atoms with Crippen molar-refractivity contribution < 1.29 is 4.79 Å². The molecule has 3 aromatic heterocycles. The summed E-state index contributed by atoms with van der Waals surface area (Å²) in [5.74, 6) is 0.618. The van der Waals surface area contributed by atoms with Crippen LogP contribution in [0.3, 0.4) is 0 Å². The molecule has 0 saturated carbocycles. The molecule has 1 aromatic carbocycles. The van der Waals surface area contributed by atoms with Crippen LogP contribution in [-0.4, -0.2) is 20.9 Å². The summed E-state index contributed by atoms with van der Waals surface area (Å²) in [7, 11) is 0. The first-order valence-corrected chi connectivity index (χ1v) is 10.3. The molecule has 0 aliphatic rings. The lowest BCUT2D eigenvalue weighted by molar-refractivity contribution is 0.102. The quantitative estimate of drug-likeness (QED) is 0.471. The third-order valence-corrected chi connectivity index (χ3v) is 5.88. The minimum atomic E-state index is -0.174. The van der Waals surface area contributed by atoms with Crippen molar-refractivity contribution in [3.63, 3.8) is 0 Å². The number of carbonyl (C=O) groups excluding carboxylic acids is 1. The van der Waals surface area contributed by atoms with Gasteiger partial charge in [-0.3, -0.25) is 10.1 Å². The Hall–Kier alpha value is -3.10. The number of amides is 1. The highest BCUT2D eigenvalue weighted by atomic mass is 32.1. The van der Waals surface area contributed by atoms with Gasteiger partial charge in [-0.25, -0.2) is 15.0 Å². The first-order chi connectivity index (χ1) is 13.6. The Kier molecular flexibility index (Phi) is 5.14. The Morgan fingerprint density at radius 3 is 2.61 bits per heavy atom. The molecule has 0 saturated heterocycles. The van der Waals surface area contributed by atoms with E-state index >= 15 is 0 Å². The van der Waals surface area contributed by atoms with Crippen molar-refractivity contribution in [1.82, 2.24) is 15.0 Å². The van der Waals surface area contributed by atoms with Crippen LogP contribution in [0.5, 0.6) is 0 Å². The van der Waals surface area contributed by atoms with Crippen molar-refractivity contribution in [2.24, 2.45) is 0 Å². The van der Waals surface area contributed by atoms with E-state index in [0.29, 0.717) is 10.7 Å². The molecule has 0 fully saturated rings. The topological polar surface area (TPSA) is 79.8 Å². The second-order valence-electron chi connectivity index (χ2n) is 6.09. The number of nitrogens with one attached hydrogen (secondary N) is 2. The second-order valence-corrected chi connectivity index (χ2v) is 7.94. The van der Waals surface area contributed by atoms with Gasteiger partial charge in [-0.1, -0.05) is 35.6 Å². The minimum absolute atomic E-state index is 0.174. The Labute approximate surface area is 170 Å². The number of hydrogen-bond acceptors (Lipinski definition) is 7. The molecule has 2 N–H and O–H groups in total. The van der Waals surface area contributed by atoms with Crippen LogP contribution in [0.4, 0.5) is 16.1 Å². The number of thiazole rings is 2. The number of aromatic nitrogens is 3. The van der Waals surface area contributed by atoms with Crippen LogP contribution in [-0.2, 0) is 0 Å². The van der Waals surface area contributed by atoms with Gasteiger partial charge in [0.1, 0.15) is 5.82 Å². The maximum absolute atomic E-state index is 12.3. The summed E-state index contributed by atoms with van der Waals surface area (Å²) < 4.78 is 0. The molecule has 4 aromatic rings. The fourth-order valence-electron chi connectivity index (χ4n) is 2.60. The molecule has 8 heteroatoms. The summed E-state index contributed by atoms with van der Waals surface area (Å²) in [6.45, 7) is 3.91. The van der Waals surface area contributed by atoms with Crippen LogP contribution < -0.4 is 10.6 Å². The highest BCUT2D eigenvalue weighted by Crippen LogP contribution is 2.35. The minimum Gasteiger partial charge on any atom is -0.316 e. The van der Waals surface area contributed by atoms with E-state index in [4.69, 9.17) is 0 Å². The first-order valence-electron chi connectivity index (χ1n) is 8.58. The normalized spacial score (nSPS) is 10.6. The zero-order valence-electron chi connectivity index (χ0n) is 15.3. The molecule has 140 valence electrons. The molecular formula is C20H17N5OS2. The van der Waals surface area contributed by atoms with E-state index in [1.165, 1.54) is 22.7 Å². The SMILES string of the molecule is Cc1cccnc1Nc1nc(-c2sc(NC(=O)c3ccccc3)nc2C)cs1. The molecule has 28 heavy (non-hydrogen) atoms. The summed E-state index contributed by atoms with van der Waals surface area (Å²) in [4.78, 5) is 26.7. The van der Waals surface area contributed by atoms with Gasteiger partial charge in [0.25, 0.3) is 5.91 Å². The molecule has 0 aliphatic heterocycles. The van der Waals surface area contributed by atoms with Crippen molar-refractivity contribution in [3.8, 4) is 10.6 Å². The van der Waals surface area contributed by atoms with Gasteiger partial charge in [-0.15, -0.1) is 11.3 Å². The van der Waals surface area contributed by atoms with E-state index in [0.717, 1.165) is 32.8 Å². The van der Waals surface area contributed by atoms with E-state index in [-0.39, 0.29) is 5.91 Å². The number of carbonyl (C=O) groups is 1. The number of hydrogen-bond donors (Lipinski definition) is 2. The van der Waals surface area contributed by atoms with Crippen molar-refractivity contribution in [2.75, 3.05) is 10.6 Å². The highest BCUT2D eigenvalue weighted by Gasteiger charge is 2.15. The maximum atomic E-state index is 12.3. The third kappa shape index (κ3) is 3.92. The van der Waals surface area contributed by atoms with E-state index < -0.39 is 0 Å². The average molecular weight is 408 g/mol. The second kappa shape index (κ2) is 7.87. The molecule has 0 unspecified atom stereocenters. The number of rotatable bonds is 5. The Balaban J connectivity index is 1.52. The molecular weight excluding hydrogens is 390 g/mol. The van der Waals surface area contributed by atoms with Crippen LogP contribution in [0.25, 0.3) is 10.6 Å². The number of nitrogens with zero attached hydrogens (tertiary/aromatic N) is 3. The largest absolute Gasteiger partial charge is 0.316 e. The molecule has 6 nitrogen and oxygen atoms in total. The third-order valence-electron chi connectivity index (χ3n) is 4.02. The summed E-state index contributed by atoms with van der Waals surface area (Å²) in [6, 6.07) is 13.0. The van der Waals surface area contributed by atoms with Crippen LogP contribution in [0.15, 0.2) is 54.0 Å². The average Bonchev–Trinajstić information content (AvgIpc) is 3.30. The Morgan fingerprint density at radius 2 is 1.82 bits per heavy atom. The van der Waals surface area contributed by atoms with Crippen LogP contribution >= 0.6 is 22.7 Å². The summed E-state index contributed by atoms with van der Waals surface area (Å²) >= 11 is 2.92. The van der Waals surface area contributed by atoms with Crippen molar-refractivity contribution in [3.05, 3.63) is 70.9 Å². The van der Waals surface area contributed by atoms with Gasteiger partial charge < -0.3 is 5.32 Å². The maximum Gasteiger partial charge on any atom is 0.257 e. The van der Waals surface area contributed by atoms with Crippen molar-refractivity contribution in [2.45, 2.75) is 13.8 Å². The van der Waals surface area contributed by atoms with E-state index in [1.54, 1.807) is 18.3 Å². The van der Waals surface area contributed by atoms with E-state index in [2.05, 4.69) is 25.6 Å². The van der Waals surface area contributed by atoms with Gasteiger partial charge >= 0.3 is 0 Å². The number of benzene rings is 1. The molecule has 3 heterocycles. The lowest BCUT2D eigenvalue weighted by atomic mass is 10.2. The summed E-state index contributed by atoms with van der Waals surface area (Å²) in [6.07, 6.45) is 1.75. The molecule has 1 amide bonds. The fraction of sp³-hybridized carbons (Fsp3) is 0.100. The van der Waals surface area contributed by atoms with Gasteiger partial charge in [0.2, 0.25) is 0 Å². The van der Waals surface area contributed by atoms with Crippen LogP contribution in [0.1, 0.15) is 21.6 Å². The molecule has 0 bridgehead atoms. The van der Waals surface area contributed by atoms with Crippen LogP contribution in [0.2, 0.25) is 0 Å². The number of aryl methyl sites for hydroxylation is 2.